The molecule has 1 aromatic heterocycles. The zero-order valence-corrected chi connectivity index (χ0v) is 12.9. The first kappa shape index (κ1) is 21.1. The third-order valence-corrected chi connectivity index (χ3v) is 1.49. The van der Waals surface area contributed by atoms with Crippen LogP contribution in [0, 0.1) is 13.8 Å². The maximum atomic E-state index is 5.33. The zero-order chi connectivity index (χ0) is 14.3. The summed E-state index contributed by atoms with van der Waals surface area (Å²) in [6, 6.07) is 2.01. The van der Waals surface area contributed by atoms with Crippen molar-refractivity contribution in [2.24, 2.45) is 0 Å². The molecule has 0 radical (unpaired) electrons. The molecule has 0 N–H and O–H groups in total. The normalized spacial score (nSPS) is 8.00. The molecule has 0 spiro atoms. The molecule has 0 saturated carbocycles. The van der Waals surface area contributed by atoms with Crippen LogP contribution in [0.5, 0.6) is 0 Å². The van der Waals surface area contributed by atoms with E-state index in [1.807, 2.05) is 73.6 Å². The fourth-order valence-electron chi connectivity index (χ4n) is 0.988. The van der Waals surface area contributed by atoms with E-state index in [2.05, 4.69) is 6.58 Å². The van der Waals surface area contributed by atoms with Gasteiger partial charge >= 0.3 is 0 Å². The quantitative estimate of drug-likeness (QED) is 0.561. The lowest BCUT2D eigenvalue weighted by Crippen LogP contribution is -1.67. The highest BCUT2D eigenvalue weighted by Crippen LogP contribution is 2.14. The second-order valence-electron chi connectivity index (χ2n) is 2.46. The average Bonchev–Trinajstić information content (AvgIpc) is 2.72. The van der Waals surface area contributed by atoms with E-state index in [0.29, 0.717) is 0 Å². The third kappa shape index (κ3) is 11.0. The zero-order valence-electron chi connectivity index (χ0n) is 12.9. The van der Waals surface area contributed by atoms with Crippen molar-refractivity contribution in [3.8, 4) is 0 Å². The molecule has 0 amide bonds. The number of hydrogen-bond donors (Lipinski definition) is 0. The Balaban J connectivity index is -0.000000285. The molecule has 0 atom stereocenters. The lowest BCUT2D eigenvalue weighted by molar-refractivity contribution is 0.504. The van der Waals surface area contributed by atoms with Crippen LogP contribution in [0.3, 0.4) is 0 Å². The molecule has 1 nitrogen and oxygen atoms in total. The number of aryl methyl sites for hydroxylation is 2. The SMILES string of the molecule is C=C/C=C\c1cc(C)oc1C.CC.CC.CC. The van der Waals surface area contributed by atoms with Crippen molar-refractivity contribution in [3.63, 3.8) is 0 Å². The Kier molecular flexibility index (Phi) is 21.3. The van der Waals surface area contributed by atoms with Crippen molar-refractivity contribution in [1.82, 2.24) is 0 Å². The van der Waals surface area contributed by atoms with Crippen molar-refractivity contribution >= 4 is 6.08 Å². The van der Waals surface area contributed by atoms with Gasteiger partial charge in [0.15, 0.2) is 0 Å². The molecule has 100 valence electrons. The van der Waals surface area contributed by atoms with Crippen LogP contribution >= 0.6 is 0 Å². The summed E-state index contributed by atoms with van der Waals surface area (Å²) in [5.41, 5.74) is 1.13. The highest BCUT2D eigenvalue weighted by atomic mass is 16.3. The molecule has 1 rings (SSSR count). The van der Waals surface area contributed by atoms with Crippen LogP contribution in [0.2, 0.25) is 0 Å². The molecule has 0 saturated heterocycles. The second kappa shape index (κ2) is 17.2. The van der Waals surface area contributed by atoms with E-state index in [1.54, 1.807) is 6.08 Å². The molecule has 17 heavy (non-hydrogen) atoms. The van der Waals surface area contributed by atoms with Crippen LogP contribution in [0.1, 0.15) is 58.6 Å². The van der Waals surface area contributed by atoms with Crippen LogP contribution in [-0.4, -0.2) is 0 Å². The summed E-state index contributed by atoms with van der Waals surface area (Å²) in [6.45, 7) is 19.5. The molecule has 0 unspecified atom stereocenters. The van der Waals surface area contributed by atoms with E-state index in [-0.39, 0.29) is 0 Å². The molecule has 1 heteroatoms. The van der Waals surface area contributed by atoms with E-state index in [4.69, 9.17) is 4.42 Å². The average molecular weight is 238 g/mol. The lowest BCUT2D eigenvalue weighted by atomic mass is 10.2. The van der Waals surface area contributed by atoms with Crippen molar-refractivity contribution in [2.75, 3.05) is 0 Å². The van der Waals surface area contributed by atoms with E-state index >= 15 is 0 Å². The van der Waals surface area contributed by atoms with Gasteiger partial charge in [-0.05, 0) is 19.9 Å². The minimum atomic E-state index is 0.950. The lowest BCUT2D eigenvalue weighted by Gasteiger charge is -1.84. The molecule has 0 fully saturated rings. The molecule has 0 aliphatic carbocycles. The Labute approximate surface area is 108 Å². The summed E-state index contributed by atoms with van der Waals surface area (Å²) in [5, 5.41) is 0. The molecule has 0 aliphatic heterocycles. The predicted molar refractivity (Wildman–Crippen MR) is 81.5 cm³/mol. The maximum Gasteiger partial charge on any atom is 0.108 e. The second-order valence-corrected chi connectivity index (χ2v) is 2.46. The first-order chi connectivity index (χ1) is 8.24. The third-order valence-electron chi connectivity index (χ3n) is 1.49. The van der Waals surface area contributed by atoms with Crippen molar-refractivity contribution in [2.45, 2.75) is 55.4 Å². The number of hydrogen-bond acceptors (Lipinski definition) is 1. The van der Waals surface area contributed by atoms with Crippen LogP contribution in [-0.2, 0) is 0 Å². The molecular weight excluding hydrogens is 208 g/mol. The van der Waals surface area contributed by atoms with Crippen LogP contribution in [0.25, 0.3) is 6.08 Å². The van der Waals surface area contributed by atoms with E-state index in [0.717, 1.165) is 17.1 Å². The van der Waals surface area contributed by atoms with Crippen LogP contribution < -0.4 is 0 Å². The summed E-state index contributed by atoms with van der Waals surface area (Å²) >= 11 is 0. The predicted octanol–water partition coefficient (Wildman–Crippen LogP) is 6.17. The fraction of sp³-hybridized carbons (Fsp3) is 0.500. The monoisotopic (exact) mass is 238 g/mol. The Morgan fingerprint density at radius 1 is 1.00 bits per heavy atom. The van der Waals surface area contributed by atoms with Gasteiger partial charge < -0.3 is 4.42 Å². The minimum Gasteiger partial charge on any atom is -0.466 e. The van der Waals surface area contributed by atoms with Gasteiger partial charge in [-0.25, -0.2) is 0 Å². The maximum absolute atomic E-state index is 5.33. The Bertz CT molecular complexity index is 280. The van der Waals surface area contributed by atoms with Gasteiger partial charge in [-0.15, -0.1) is 0 Å². The summed E-state index contributed by atoms with van der Waals surface area (Å²) in [6.07, 6.45) is 5.64. The summed E-state index contributed by atoms with van der Waals surface area (Å²) in [5.74, 6) is 1.91. The molecule has 1 heterocycles. The van der Waals surface area contributed by atoms with Gasteiger partial charge in [0.1, 0.15) is 11.5 Å². The summed E-state index contributed by atoms with van der Waals surface area (Å²) < 4.78 is 5.33. The van der Waals surface area contributed by atoms with Crippen LogP contribution in [0.15, 0.2) is 29.2 Å². The fourth-order valence-corrected chi connectivity index (χ4v) is 0.988. The van der Waals surface area contributed by atoms with Gasteiger partial charge in [-0.1, -0.05) is 66.3 Å². The highest BCUT2D eigenvalue weighted by Gasteiger charge is 1.98. The minimum absolute atomic E-state index is 0.950. The van der Waals surface area contributed by atoms with Gasteiger partial charge in [0.25, 0.3) is 0 Å². The van der Waals surface area contributed by atoms with Crippen molar-refractivity contribution in [1.29, 1.82) is 0 Å². The first-order valence-electron chi connectivity index (χ1n) is 6.60. The van der Waals surface area contributed by atoms with E-state index in [1.165, 1.54) is 0 Å². The number of rotatable bonds is 2. The van der Waals surface area contributed by atoms with Gasteiger partial charge in [0.05, 0.1) is 0 Å². The van der Waals surface area contributed by atoms with E-state index < -0.39 is 0 Å². The summed E-state index contributed by atoms with van der Waals surface area (Å²) in [4.78, 5) is 0. The Morgan fingerprint density at radius 2 is 1.47 bits per heavy atom. The number of furan rings is 1. The van der Waals surface area contributed by atoms with Gasteiger partial charge in [-0.3, -0.25) is 0 Å². The first-order valence-corrected chi connectivity index (χ1v) is 6.60. The van der Waals surface area contributed by atoms with E-state index in [9.17, 15) is 0 Å². The van der Waals surface area contributed by atoms with Gasteiger partial charge in [0, 0.05) is 5.56 Å². The van der Waals surface area contributed by atoms with Crippen molar-refractivity contribution < 1.29 is 4.42 Å². The largest absolute Gasteiger partial charge is 0.466 e. The highest BCUT2D eigenvalue weighted by molar-refractivity contribution is 5.53. The topological polar surface area (TPSA) is 13.1 Å². The molecule has 0 bridgehead atoms. The smallest absolute Gasteiger partial charge is 0.108 e. The molecular formula is C16H30O. The molecule has 0 aromatic carbocycles. The Morgan fingerprint density at radius 3 is 1.76 bits per heavy atom. The van der Waals surface area contributed by atoms with Crippen molar-refractivity contribution in [3.05, 3.63) is 41.9 Å². The number of allylic oxidation sites excluding steroid dienone is 2. The van der Waals surface area contributed by atoms with Crippen LogP contribution in [0.4, 0.5) is 0 Å². The Hall–Kier alpha value is -1.24. The molecule has 0 aliphatic rings. The van der Waals surface area contributed by atoms with Gasteiger partial charge in [-0.2, -0.15) is 0 Å². The molecule has 1 aromatic rings. The summed E-state index contributed by atoms with van der Waals surface area (Å²) in [7, 11) is 0. The van der Waals surface area contributed by atoms with Gasteiger partial charge in [0.2, 0.25) is 0 Å². The standard InChI is InChI=1S/C10H12O.3C2H6/c1-4-5-6-10-7-8(2)11-9(10)3;3*1-2/h4-7H,1H2,2-3H3;3*1-2H3/b6-5-;;;.